The first kappa shape index (κ1) is 8.69. The maximum absolute atomic E-state index is 9.56. The first-order valence-corrected chi connectivity index (χ1v) is 4.20. The third kappa shape index (κ3) is 1.33. The highest BCUT2D eigenvalue weighted by Crippen LogP contribution is 2.31. The Labute approximate surface area is 81.2 Å². The molecule has 0 aliphatic rings. The second kappa shape index (κ2) is 3.10. The van der Waals surface area contributed by atoms with Crippen molar-refractivity contribution in [3.8, 4) is 17.2 Å². The lowest BCUT2D eigenvalue weighted by Crippen LogP contribution is -1.82. The van der Waals surface area contributed by atoms with Gasteiger partial charge >= 0.3 is 0 Å². The molecule has 0 radical (unpaired) electrons. The minimum Gasteiger partial charge on any atom is -0.508 e. The summed E-state index contributed by atoms with van der Waals surface area (Å²) in [6.07, 6.45) is 0. The molecule has 2 rings (SSSR count). The second-order valence-corrected chi connectivity index (χ2v) is 3.05. The lowest BCUT2D eigenvalue weighted by atomic mass is 10.1. The van der Waals surface area contributed by atoms with Gasteiger partial charge in [0.15, 0.2) is 0 Å². The summed E-state index contributed by atoms with van der Waals surface area (Å²) in [5.74, 6) is 0.789. The van der Waals surface area contributed by atoms with Crippen molar-refractivity contribution in [3.63, 3.8) is 0 Å². The molecule has 0 heterocycles. The van der Waals surface area contributed by atoms with Crippen LogP contribution in [0.3, 0.4) is 0 Å². The van der Waals surface area contributed by atoms with Crippen LogP contribution in [0.5, 0.6) is 17.2 Å². The van der Waals surface area contributed by atoms with Crippen LogP contribution in [0.1, 0.15) is 0 Å². The minimum atomic E-state index is 0.0545. The zero-order valence-corrected chi connectivity index (χ0v) is 7.69. The predicted octanol–water partition coefficient (Wildman–Crippen LogP) is 2.26. The van der Waals surface area contributed by atoms with E-state index in [-0.39, 0.29) is 11.5 Å². The van der Waals surface area contributed by atoms with Crippen LogP contribution >= 0.6 is 0 Å². The predicted molar refractivity (Wildman–Crippen MR) is 53.8 cm³/mol. The van der Waals surface area contributed by atoms with Crippen LogP contribution in [0, 0.1) is 0 Å². The highest BCUT2D eigenvalue weighted by atomic mass is 16.5. The fraction of sp³-hybridized carbons (Fsp3) is 0.0909. The summed E-state index contributed by atoms with van der Waals surface area (Å²) in [5.41, 5.74) is 0. The maximum Gasteiger partial charge on any atom is 0.127 e. The number of ether oxygens (including phenoxy) is 1. The molecule has 0 saturated carbocycles. The number of phenolic OH excluding ortho intramolecular Hbond substituents is 2. The lowest BCUT2D eigenvalue weighted by Gasteiger charge is -2.04. The molecule has 2 aromatic rings. The molecule has 3 heteroatoms. The quantitative estimate of drug-likeness (QED) is 0.725. The summed E-state index contributed by atoms with van der Waals surface area (Å²) < 4.78 is 5.03. The van der Waals surface area contributed by atoms with E-state index in [1.165, 1.54) is 6.07 Å². The zero-order chi connectivity index (χ0) is 10.1. The van der Waals surface area contributed by atoms with E-state index >= 15 is 0 Å². The Balaban J connectivity index is 2.75. The van der Waals surface area contributed by atoms with Gasteiger partial charge in [0.25, 0.3) is 0 Å². The van der Waals surface area contributed by atoms with Crippen molar-refractivity contribution in [1.82, 2.24) is 0 Å². The molecule has 0 aliphatic heterocycles. The number of hydrogen-bond donors (Lipinski definition) is 2. The highest BCUT2D eigenvalue weighted by Gasteiger charge is 2.03. The molecule has 0 fully saturated rings. The van der Waals surface area contributed by atoms with Crippen molar-refractivity contribution < 1.29 is 14.9 Å². The first-order chi connectivity index (χ1) is 6.70. The fourth-order valence-electron chi connectivity index (χ4n) is 1.43. The van der Waals surface area contributed by atoms with Gasteiger partial charge in [0.05, 0.1) is 7.11 Å². The smallest absolute Gasteiger partial charge is 0.127 e. The topological polar surface area (TPSA) is 49.7 Å². The number of rotatable bonds is 1. The van der Waals surface area contributed by atoms with Gasteiger partial charge < -0.3 is 14.9 Å². The average Bonchev–Trinajstić information content (AvgIpc) is 2.17. The van der Waals surface area contributed by atoms with E-state index < -0.39 is 0 Å². The number of phenols is 2. The van der Waals surface area contributed by atoms with Crippen molar-refractivity contribution in [2.24, 2.45) is 0 Å². The van der Waals surface area contributed by atoms with Crippen LogP contribution < -0.4 is 4.74 Å². The molecule has 72 valence electrons. The molecule has 14 heavy (non-hydrogen) atoms. The Morgan fingerprint density at radius 3 is 2.57 bits per heavy atom. The van der Waals surface area contributed by atoms with Crippen LogP contribution in [-0.4, -0.2) is 17.3 Å². The largest absolute Gasteiger partial charge is 0.508 e. The van der Waals surface area contributed by atoms with Gasteiger partial charge in [0.1, 0.15) is 17.2 Å². The fourth-order valence-corrected chi connectivity index (χ4v) is 1.43. The molecule has 0 bridgehead atoms. The third-order valence-corrected chi connectivity index (χ3v) is 2.12. The molecule has 2 aromatic carbocycles. The third-order valence-electron chi connectivity index (χ3n) is 2.12. The van der Waals surface area contributed by atoms with Gasteiger partial charge in [-0.15, -0.1) is 0 Å². The minimum absolute atomic E-state index is 0.0545. The van der Waals surface area contributed by atoms with Crippen molar-refractivity contribution in [2.75, 3.05) is 7.11 Å². The van der Waals surface area contributed by atoms with Crippen molar-refractivity contribution in [3.05, 3.63) is 30.3 Å². The Kier molecular flexibility index (Phi) is 1.93. The number of methoxy groups -OCH3 is 1. The van der Waals surface area contributed by atoms with Crippen LogP contribution in [0.25, 0.3) is 10.8 Å². The van der Waals surface area contributed by atoms with Gasteiger partial charge in [-0.05, 0) is 23.6 Å². The second-order valence-electron chi connectivity index (χ2n) is 3.05. The summed E-state index contributed by atoms with van der Waals surface area (Å²) in [6.45, 7) is 0. The van der Waals surface area contributed by atoms with Crippen LogP contribution in [0.4, 0.5) is 0 Å². The van der Waals surface area contributed by atoms with Crippen molar-refractivity contribution in [1.29, 1.82) is 0 Å². The monoisotopic (exact) mass is 190 g/mol. The molecule has 0 saturated heterocycles. The lowest BCUT2D eigenvalue weighted by molar-refractivity contribution is 0.415. The highest BCUT2D eigenvalue weighted by molar-refractivity contribution is 5.90. The summed E-state index contributed by atoms with van der Waals surface area (Å²) in [6, 6.07) is 8.19. The first-order valence-electron chi connectivity index (χ1n) is 4.20. The Bertz CT molecular complexity index is 477. The van der Waals surface area contributed by atoms with Gasteiger partial charge in [-0.3, -0.25) is 0 Å². The summed E-state index contributed by atoms with van der Waals surface area (Å²) in [7, 11) is 1.57. The van der Waals surface area contributed by atoms with E-state index in [9.17, 15) is 10.2 Å². The molecule has 0 aromatic heterocycles. The van der Waals surface area contributed by atoms with Crippen LogP contribution in [0.15, 0.2) is 30.3 Å². The van der Waals surface area contributed by atoms with Gasteiger partial charge in [-0.25, -0.2) is 0 Å². The standard InChI is InChI=1S/C11H10O3/c1-14-9-3-2-7-4-8(12)5-11(13)10(7)6-9/h2-6,12-13H,1H3. The Morgan fingerprint density at radius 1 is 1.07 bits per heavy atom. The van der Waals surface area contributed by atoms with Crippen molar-refractivity contribution >= 4 is 10.8 Å². The molecule has 3 nitrogen and oxygen atoms in total. The molecule has 0 aliphatic carbocycles. The van der Waals surface area contributed by atoms with E-state index in [4.69, 9.17) is 4.74 Å². The molecular formula is C11H10O3. The van der Waals surface area contributed by atoms with Crippen LogP contribution in [0.2, 0.25) is 0 Å². The maximum atomic E-state index is 9.56. The number of benzene rings is 2. The van der Waals surface area contributed by atoms with E-state index in [0.29, 0.717) is 11.1 Å². The van der Waals surface area contributed by atoms with E-state index in [2.05, 4.69) is 0 Å². The number of fused-ring (bicyclic) bond motifs is 1. The normalized spacial score (nSPS) is 10.4. The molecule has 0 spiro atoms. The number of aromatic hydroxyl groups is 2. The van der Waals surface area contributed by atoms with Crippen molar-refractivity contribution in [2.45, 2.75) is 0 Å². The Morgan fingerprint density at radius 2 is 1.86 bits per heavy atom. The molecular weight excluding hydrogens is 180 g/mol. The van der Waals surface area contributed by atoms with Crippen LogP contribution in [-0.2, 0) is 0 Å². The SMILES string of the molecule is COc1ccc2cc(O)cc(O)c2c1. The Hall–Kier alpha value is -1.90. The van der Waals surface area contributed by atoms with Gasteiger partial charge in [-0.2, -0.15) is 0 Å². The summed E-state index contributed by atoms with van der Waals surface area (Å²) in [5, 5.41) is 20.3. The molecule has 0 atom stereocenters. The average molecular weight is 190 g/mol. The summed E-state index contributed by atoms with van der Waals surface area (Å²) >= 11 is 0. The zero-order valence-electron chi connectivity index (χ0n) is 7.69. The van der Waals surface area contributed by atoms with Gasteiger partial charge in [0, 0.05) is 11.5 Å². The number of hydrogen-bond acceptors (Lipinski definition) is 3. The summed E-state index contributed by atoms with van der Waals surface area (Å²) in [4.78, 5) is 0. The molecule has 0 amide bonds. The van der Waals surface area contributed by atoms with E-state index in [1.807, 2.05) is 0 Å². The van der Waals surface area contributed by atoms with Gasteiger partial charge in [0.2, 0.25) is 0 Å². The van der Waals surface area contributed by atoms with E-state index in [0.717, 1.165) is 5.39 Å². The van der Waals surface area contributed by atoms with Gasteiger partial charge in [-0.1, -0.05) is 6.07 Å². The van der Waals surface area contributed by atoms with E-state index in [1.54, 1.807) is 31.4 Å². The molecule has 0 unspecified atom stereocenters. The molecule has 2 N–H and O–H groups in total.